The van der Waals surface area contributed by atoms with E-state index in [1.807, 2.05) is 49.4 Å². The zero-order valence-electron chi connectivity index (χ0n) is 14.7. The number of carbonyl (C=O) groups excluding carboxylic acids is 1. The van der Waals surface area contributed by atoms with Gasteiger partial charge in [-0.25, -0.2) is 0 Å². The summed E-state index contributed by atoms with van der Waals surface area (Å²) in [4.78, 5) is 14.9. The van der Waals surface area contributed by atoms with E-state index in [-0.39, 0.29) is 5.91 Å². The van der Waals surface area contributed by atoms with Gasteiger partial charge in [-0.15, -0.1) is 0 Å². The number of nitrogens with zero attached hydrogens (tertiary/aromatic N) is 2. The number of para-hydroxylation sites is 1. The molecule has 0 aliphatic carbocycles. The molecule has 136 valence electrons. The lowest BCUT2D eigenvalue weighted by Crippen LogP contribution is -2.27. The van der Waals surface area contributed by atoms with Crippen molar-refractivity contribution in [3.05, 3.63) is 75.8 Å². The van der Waals surface area contributed by atoms with Gasteiger partial charge in [0.2, 0.25) is 0 Å². The molecule has 1 saturated heterocycles. The van der Waals surface area contributed by atoms with E-state index >= 15 is 0 Å². The van der Waals surface area contributed by atoms with Gasteiger partial charge in [0, 0.05) is 40.8 Å². The van der Waals surface area contributed by atoms with Gasteiger partial charge in [-0.2, -0.15) is 0 Å². The molecule has 1 amide bonds. The minimum atomic E-state index is -0.0181. The highest BCUT2D eigenvalue weighted by Gasteiger charge is 2.30. The van der Waals surface area contributed by atoms with Crippen LogP contribution in [0.15, 0.2) is 59.6 Å². The second-order valence-electron chi connectivity index (χ2n) is 6.25. The highest BCUT2D eigenvalue weighted by Crippen LogP contribution is 2.34. The summed E-state index contributed by atoms with van der Waals surface area (Å²) < 4.78 is 2.79. The van der Waals surface area contributed by atoms with Gasteiger partial charge < -0.3 is 4.57 Å². The van der Waals surface area contributed by atoms with E-state index in [2.05, 4.69) is 22.9 Å². The summed E-state index contributed by atoms with van der Waals surface area (Å²) in [6.45, 7) is 3.20. The Morgan fingerprint density at radius 1 is 1.15 bits per heavy atom. The van der Waals surface area contributed by atoms with Crippen molar-refractivity contribution in [3.8, 4) is 0 Å². The Morgan fingerprint density at radius 3 is 2.63 bits per heavy atom. The van der Waals surface area contributed by atoms with Crippen molar-refractivity contribution in [2.45, 2.75) is 13.5 Å². The van der Waals surface area contributed by atoms with Crippen molar-refractivity contribution < 1.29 is 4.79 Å². The van der Waals surface area contributed by atoms with Crippen LogP contribution in [0.3, 0.4) is 0 Å². The number of rotatable bonds is 4. The molecule has 1 fully saturated rings. The van der Waals surface area contributed by atoms with Crippen LogP contribution in [0.2, 0.25) is 5.02 Å². The molecule has 4 rings (SSSR count). The first-order valence-electron chi connectivity index (χ1n) is 8.65. The number of hydrogen-bond donors (Lipinski definition) is 0. The number of hydrogen-bond acceptors (Lipinski definition) is 3. The molecule has 6 heteroatoms. The monoisotopic (exact) mass is 412 g/mol. The van der Waals surface area contributed by atoms with E-state index in [1.54, 1.807) is 4.90 Å². The van der Waals surface area contributed by atoms with E-state index in [9.17, 15) is 4.79 Å². The topological polar surface area (TPSA) is 25.2 Å². The Kier molecular flexibility index (Phi) is 5.08. The zero-order chi connectivity index (χ0) is 19.0. The Morgan fingerprint density at radius 2 is 1.89 bits per heavy atom. The van der Waals surface area contributed by atoms with Gasteiger partial charge in [0.15, 0.2) is 0 Å². The highest BCUT2D eigenvalue weighted by atomic mass is 35.5. The quantitative estimate of drug-likeness (QED) is 0.414. The molecule has 27 heavy (non-hydrogen) atoms. The predicted molar refractivity (Wildman–Crippen MR) is 118 cm³/mol. The van der Waals surface area contributed by atoms with Crippen LogP contribution in [0.5, 0.6) is 0 Å². The molecule has 1 aliphatic heterocycles. The molecule has 3 nitrogen and oxygen atoms in total. The second kappa shape index (κ2) is 7.50. The van der Waals surface area contributed by atoms with Gasteiger partial charge >= 0.3 is 0 Å². The van der Waals surface area contributed by atoms with Gasteiger partial charge in [-0.1, -0.05) is 72.0 Å². The van der Waals surface area contributed by atoms with E-state index in [1.165, 1.54) is 11.8 Å². The maximum Gasteiger partial charge on any atom is 0.266 e. The molecule has 0 spiro atoms. The first kappa shape index (κ1) is 18.3. The SMILES string of the molecule is CCN1C(=O)C(=Cc2cn(Cc3ccccc3Cl)c3ccccc23)SC1=S. The predicted octanol–water partition coefficient (Wildman–Crippen LogP) is 5.56. The minimum absolute atomic E-state index is 0.0181. The number of thioether (sulfide) groups is 1. The third-order valence-corrected chi connectivity index (χ3v) is 6.34. The summed E-state index contributed by atoms with van der Waals surface area (Å²) in [5.74, 6) is -0.0181. The lowest BCUT2D eigenvalue weighted by Gasteiger charge is -2.09. The van der Waals surface area contributed by atoms with Gasteiger partial charge in [0.1, 0.15) is 4.32 Å². The largest absolute Gasteiger partial charge is 0.342 e. The summed E-state index contributed by atoms with van der Waals surface area (Å²) in [7, 11) is 0. The fourth-order valence-corrected chi connectivity index (χ4v) is 4.82. The van der Waals surface area contributed by atoms with Crippen LogP contribution in [-0.4, -0.2) is 26.2 Å². The molecule has 1 aliphatic rings. The third kappa shape index (κ3) is 3.43. The number of likely N-dealkylation sites (N-methyl/N-ethyl adjacent to an activating group) is 1. The van der Waals surface area contributed by atoms with Crippen LogP contribution in [0, 0.1) is 0 Å². The van der Waals surface area contributed by atoms with Gasteiger partial charge in [0.05, 0.1) is 4.91 Å². The second-order valence-corrected chi connectivity index (χ2v) is 8.33. The zero-order valence-corrected chi connectivity index (χ0v) is 17.1. The maximum absolute atomic E-state index is 12.6. The molecule has 3 aromatic rings. The average molecular weight is 413 g/mol. The number of carbonyl (C=O) groups is 1. The van der Waals surface area contributed by atoms with Gasteiger partial charge in [-0.3, -0.25) is 9.69 Å². The number of benzene rings is 2. The standard InChI is InChI=1S/C21H17ClN2OS2/c1-2-24-20(25)19(27-21(24)26)11-15-13-23(18-10-6-4-8-16(15)18)12-14-7-3-5-9-17(14)22/h3-11,13H,2,12H2,1H3. The Balaban J connectivity index is 1.77. The molecule has 2 heterocycles. The smallest absolute Gasteiger partial charge is 0.266 e. The molecular formula is C21H17ClN2OS2. The first-order chi connectivity index (χ1) is 13.1. The molecule has 0 radical (unpaired) electrons. The van der Waals surface area contributed by atoms with Crippen molar-refractivity contribution in [2.75, 3.05) is 6.54 Å². The molecule has 0 N–H and O–H groups in total. The molecule has 0 atom stereocenters. The van der Waals surface area contributed by atoms with Gasteiger partial charge in [-0.05, 0) is 30.7 Å². The third-order valence-electron chi connectivity index (χ3n) is 4.59. The maximum atomic E-state index is 12.6. The lowest BCUT2D eigenvalue weighted by molar-refractivity contribution is -0.121. The van der Waals surface area contributed by atoms with E-state index in [0.717, 1.165) is 27.1 Å². The van der Waals surface area contributed by atoms with Crippen molar-refractivity contribution in [1.29, 1.82) is 0 Å². The number of amides is 1. The summed E-state index contributed by atoms with van der Waals surface area (Å²) in [5.41, 5.74) is 3.17. The van der Waals surface area contributed by atoms with Crippen LogP contribution in [0.25, 0.3) is 17.0 Å². The average Bonchev–Trinajstić information content (AvgIpc) is 3.14. The molecular weight excluding hydrogens is 396 g/mol. The summed E-state index contributed by atoms with van der Waals surface area (Å²) >= 11 is 13.0. The normalized spacial score (nSPS) is 16.1. The van der Waals surface area contributed by atoms with Crippen LogP contribution < -0.4 is 0 Å². The van der Waals surface area contributed by atoms with Crippen LogP contribution in [0.4, 0.5) is 0 Å². The molecule has 0 saturated carbocycles. The van der Waals surface area contributed by atoms with E-state index in [0.29, 0.717) is 22.3 Å². The van der Waals surface area contributed by atoms with E-state index in [4.69, 9.17) is 23.8 Å². The van der Waals surface area contributed by atoms with E-state index < -0.39 is 0 Å². The van der Waals surface area contributed by atoms with Gasteiger partial charge in [0.25, 0.3) is 5.91 Å². The summed E-state index contributed by atoms with van der Waals surface area (Å²) in [6, 6.07) is 16.0. The van der Waals surface area contributed by atoms with Crippen LogP contribution in [0.1, 0.15) is 18.1 Å². The van der Waals surface area contributed by atoms with Crippen molar-refractivity contribution >= 4 is 62.8 Å². The Hall–Kier alpha value is -2.08. The number of thiocarbonyl (C=S) groups is 1. The molecule has 2 aromatic carbocycles. The molecule has 0 bridgehead atoms. The Bertz CT molecular complexity index is 1090. The van der Waals surface area contributed by atoms with Crippen molar-refractivity contribution in [1.82, 2.24) is 9.47 Å². The number of halogens is 1. The minimum Gasteiger partial charge on any atom is -0.342 e. The summed E-state index contributed by atoms with van der Waals surface area (Å²) in [6.07, 6.45) is 4.02. The molecule has 0 unspecified atom stereocenters. The van der Waals surface area contributed by atoms with Crippen molar-refractivity contribution in [2.24, 2.45) is 0 Å². The van der Waals surface area contributed by atoms with Crippen LogP contribution >= 0.6 is 35.6 Å². The fourth-order valence-electron chi connectivity index (χ4n) is 3.25. The Labute approximate surface area is 172 Å². The number of fused-ring (bicyclic) bond motifs is 1. The van der Waals surface area contributed by atoms with Crippen molar-refractivity contribution in [3.63, 3.8) is 0 Å². The lowest BCUT2D eigenvalue weighted by atomic mass is 10.1. The first-order valence-corrected chi connectivity index (χ1v) is 10.3. The molecule has 1 aromatic heterocycles. The summed E-state index contributed by atoms with van der Waals surface area (Å²) in [5, 5.41) is 1.85. The highest BCUT2D eigenvalue weighted by molar-refractivity contribution is 8.26. The van der Waals surface area contributed by atoms with Crippen LogP contribution in [-0.2, 0) is 11.3 Å². The fraction of sp³-hybridized carbons (Fsp3) is 0.143. The number of aromatic nitrogens is 1.